The molecule has 4 atom stereocenters. The van der Waals surface area contributed by atoms with Gasteiger partial charge >= 0.3 is 0 Å². The predicted molar refractivity (Wildman–Crippen MR) is 92.5 cm³/mol. The van der Waals surface area contributed by atoms with E-state index in [1.165, 1.54) is 6.92 Å². The SMILES string of the molecule is CC#N.Cl.Cl.O[C@@H]1CCCC[C@@H]1O.O[C@@H]1CCCC[C@@H]1O.[Te]. The van der Waals surface area contributed by atoms with Gasteiger partial charge in [-0.15, -0.1) is 24.8 Å². The van der Waals surface area contributed by atoms with Crippen molar-refractivity contribution in [3.8, 4) is 6.07 Å². The summed E-state index contributed by atoms with van der Waals surface area (Å²) in [6, 6.07) is 1.75. The van der Waals surface area contributed by atoms with E-state index in [-0.39, 0.29) is 48.5 Å². The van der Waals surface area contributed by atoms with Gasteiger partial charge in [-0.25, -0.2) is 0 Å². The first-order chi connectivity index (χ1) is 9.02. The summed E-state index contributed by atoms with van der Waals surface area (Å²) in [4.78, 5) is 0. The summed E-state index contributed by atoms with van der Waals surface area (Å²) in [6.45, 7) is 1.43. The monoisotopic (exact) mass is 475 g/mol. The summed E-state index contributed by atoms with van der Waals surface area (Å²) in [6.07, 6.45) is 5.62. The average Bonchev–Trinajstić information content (AvgIpc) is 2.38. The van der Waals surface area contributed by atoms with Crippen LogP contribution < -0.4 is 0 Å². The number of hydrogen-bond acceptors (Lipinski definition) is 5. The molecule has 4 N–H and O–H groups in total. The van der Waals surface area contributed by atoms with Crippen molar-refractivity contribution in [1.29, 1.82) is 5.26 Å². The van der Waals surface area contributed by atoms with E-state index in [0.29, 0.717) is 0 Å². The van der Waals surface area contributed by atoms with Gasteiger partial charge in [-0.2, -0.15) is 5.26 Å². The smallest absolute Gasteiger partial charge is 0.0799 e. The molecule has 0 aromatic rings. The molecule has 0 aromatic heterocycles. The summed E-state index contributed by atoms with van der Waals surface area (Å²) < 4.78 is 0. The van der Waals surface area contributed by atoms with Crippen LogP contribution in [0.2, 0.25) is 0 Å². The Morgan fingerprint density at radius 3 is 0.909 bits per heavy atom. The normalized spacial score (nSPS) is 29.3. The van der Waals surface area contributed by atoms with Crippen LogP contribution in [0, 0.1) is 11.3 Å². The third-order valence-corrected chi connectivity index (χ3v) is 3.39. The van der Waals surface area contributed by atoms with Crippen molar-refractivity contribution in [3.63, 3.8) is 0 Å². The Morgan fingerprint density at radius 1 is 0.682 bits per heavy atom. The van der Waals surface area contributed by atoms with E-state index in [9.17, 15) is 0 Å². The molecule has 0 spiro atoms. The standard InChI is InChI=1S/2C6H12O2.C2H3N.2ClH.Te/c2*7-5-3-1-2-4-6(5)8;1-2-3;;;/h2*5-8H,1-4H2;1H3;2*1H;/t2*5-,6+;;;;. The molecule has 0 amide bonds. The van der Waals surface area contributed by atoms with E-state index >= 15 is 0 Å². The number of hydrogen-bond donors (Lipinski definition) is 4. The van der Waals surface area contributed by atoms with Crippen molar-refractivity contribution < 1.29 is 20.4 Å². The van der Waals surface area contributed by atoms with E-state index in [1.54, 1.807) is 6.07 Å². The molecule has 0 unspecified atom stereocenters. The number of rotatable bonds is 0. The Morgan fingerprint density at radius 2 is 0.818 bits per heavy atom. The van der Waals surface area contributed by atoms with Crippen LogP contribution in [0.3, 0.4) is 0 Å². The minimum Gasteiger partial charge on any atom is -0.390 e. The molecule has 0 aliphatic heterocycles. The Bertz CT molecular complexity index is 230. The van der Waals surface area contributed by atoms with Gasteiger partial charge < -0.3 is 20.4 Å². The van der Waals surface area contributed by atoms with Crippen LogP contribution in [0.1, 0.15) is 58.3 Å². The first-order valence-electron chi connectivity index (χ1n) is 7.06. The fourth-order valence-electron chi connectivity index (χ4n) is 2.18. The van der Waals surface area contributed by atoms with Gasteiger partial charge in [0.2, 0.25) is 0 Å². The third kappa shape index (κ3) is 15.6. The van der Waals surface area contributed by atoms with Crippen molar-refractivity contribution in [1.82, 2.24) is 0 Å². The molecule has 5 nitrogen and oxygen atoms in total. The first kappa shape index (κ1) is 30.6. The van der Waals surface area contributed by atoms with Crippen LogP contribution in [0.25, 0.3) is 0 Å². The van der Waals surface area contributed by atoms with Crippen LogP contribution in [0.4, 0.5) is 0 Å². The van der Waals surface area contributed by atoms with E-state index in [0.717, 1.165) is 51.4 Å². The van der Waals surface area contributed by atoms with Gasteiger partial charge in [0.05, 0.1) is 30.5 Å². The Labute approximate surface area is 162 Å². The first-order valence-corrected chi connectivity index (χ1v) is 7.06. The average molecular weight is 474 g/mol. The molecule has 2 radical (unpaired) electrons. The molecular formula is C14H29Cl2NO4Te. The van der Waals surface area contributed by atoms with Gasteiger partial charge in [0.15, 0.2) is 0 Å². The maximum atomic E-state index is 8.93. The molecule has 0 bridgehead atoms. The van der Waals surface area contributed by atoms with Gasteiger partial charge in [0.1, 0.15) is 0 Å². The largest absolute Gasteiger partial charge is 0.390 e. The van der Waals surface area contributed by atoms with Gasteiger partial charge in [0, 0.05) is 30.6 Å². The molecule has 8 heteroatoms. The van der Waals surface area contributed by atoms with Crippen LogP contribution in [0.15, 0.2) is 0 Å². The van der Waals surface area contributed by atoms with Gasteiger partial charge in [-0.3, -0.25) is 0 Å². The Hall–Kier alpha value is 0.700. The molecule has 2 rings (SSSR count). The summed E-state index contributed by atoms with van der Waals surface area (Å²) >= 11 is 0. The number of nitrogens with zero attached hydrogens (tertiary/aromatic N) is 1. The van der Waals surface area contributed by atoms with Gasteiger partial charge in [0.25, 0.3) is 0 Å². The predicted octanol–water partition coefficient (Wildman–Crippen LogP) is 1.56. The minimum absolute atomic E-state index is 0. The van der Waals surface area contributed by atoms with Gasteiger partial charge in [-0.1, -0.05) is 25.7 Å². The van der Waals surface area contributed by atoms with Crippen LogP contribution >= 0.6 is 24.8 Å². The topological polar surface area (TPSA) is 105 Å². The van der Waals surface area contributed by atoms with Crippen molar-refractivity contribution in [3.05, 3.63) is 0 Å². The number of nitriles is 1. The van der Waals surface area contributed by atoms with E-state index in [4.69, 9.17) is 25.7 Å². The molecule has 2 saturated carbocycles. The summed E-state index contributed by atoms with van der Waals surface area (Å²) in [5.74, 6) is 0. The molecule has 22 heavy (non-hydrogen) atoms. The molecule has 0 heterocycles. The summed E-state index contributed by atoms with van der Waals surface area (Å²) in [5.41, 5.74) is 0. The Balaban J connectivity index is -0.000000112. The zero-order valence-corrected chi connectivity index (χ0v) is 16.9. The Kier molecular flexibility index (Phi) is 27.4. The van der Waals surface area contributed by atoms with Gasteiger partial charge in [-0.05, 0) is 25.7 Å². The van der Waals surface area contributed by atoms with Crippen molar-refractivity contribution in [2.75, 3.05) is 0 Å². The van der Waals surface area contributed by atoms with Crippen molar-refractivity contribution in [2.45, 2.75) is 82.7 Å². The minimum atomic E-state index is -0.441. The molecule has 2 fully saturated rings. The van der Waals surface area contributed by atoms with Crippen molar-refractivity contribution >= 4 is 48.5 Å². The van der Waals surface area contributed by atoms with E-state index < -0.39 is 24.4 Å². The third-order valence-electron chi connectivity index (χ3n) is 3.39. The van der Waals surface area contributed by atoms with Crippen LogP contribution in [0.5, 0.6) is 0 Å². The quantitative estimate of drug-likeness (QED) is 0.400. The number of halogens is 2. The molecule has 2 aliphatic rings. The molecule has 0 saturated heterocycles. The second-order valence-electron chi connectivity index (χ2n) is 5.06. The second kappa shape index (κ2) is 19.7. The molecule has 0 aromatic carbocycles. The summed E-state index contributed by atoms with van der Waals surface area (Å²) in [5, 5.41) is 43.0. The second-order valence-corrected chi connectivity index (χ2v) is 5.06. The van der Waals surface area contributed by atoms with Crippen LogP contribution in [-0.4, -0.2) is 68.5 Å². The molecular weight excluding hydrogens is 445 g/mol. The maximum Gasteiger partial charge on any atom is 0.0799 e. The van der Waals surface area contributed by atoms with E-state index in [2.05, 4.69) is 0 Å². The van der Waals surface area contributed by atoms with Crippen LogP contribution in [-0.2, 0) is 0 Å². The maximum absolute atomic E-state index is 8.93. The summed E-state index contributed by atoms with van der Waals surface area (Å²) in [7, 11) is 0. The zero-order valence-electron chi connectivity index (χ0n) is 12.9. The number of aliphatic hydroxyl groups excluding tert-OH is 4. The molecule has 2 aliphatic carbocycles. The van der Waals surface area contributed by atoms with E-state index in [1.807, 2.05) is 0 Å². The number of aliphatic hydroxyl groups is 4. The fourth-order valence-corrected chi connectivity index (χ4v) is 2.18. The van der Waals surface area contributed by atoms with Crippen molar-refractivity contribution in [2.24, 2.45) is 0 Å². The fraction of sp³-hybridized carbons (Fsp3) is 0.929. The molecule has 134 valence electrons. The zero-order chi connectivity index (χ0) is 14.7.